The van der Waals surface area contributed by atoms with Gasteiger partial charge in [0.2, 0.25) is 5.91 Å². The van der Waals surface area contributed by atoms with Crippen LogP contribution < -0.4 is 5.73 Å². The lowest BCUT2D eigenvalue weighted by Gasteiger charge is -2.39. The van der Waals surface area contributed by atoms with Crippen LogP contribution in [-0.4, -0.2) is 41.0 Å². The number of carbonyl (C=O) groups is 2. The zero-order chi connectivity index (χ0) is 14.9. The van der Waals surface area contributed by atoms with Crippen molar-refractivity contribution in [2.45, 2.75) is 52.0 Å². The zero-order valence-corrected chi connectivity index (χ0v) is 12.5. The molecule has 2 unspecified atom stereocenters. The first-order valence-electron chi connectivity index (χ1n) is 7.59. The van der Waals surface area contributed by atoms with E-state index >= 15 is 0 Å². The maximum Gasteiger partial charge on any atom is 0.309 e. The van der Waals surface area contributed by atoms with Crippen molar-refractivity contribution < 1.29 is 14.7 Å². The monoisotopic (exact) mass is 282 g/mol. The van der Waals surface area contributed by atoms with Crippen molar-refractivity contribution in [2.75, 3.05) is 13.1 Å². The summed E-state index contributed by atoms with van der Waals surface area (Å²) in [6.07, 6.45) is 4.45. The van der Waals surface area contributed by atoms with E-state index < -0.39 is 11.4 Å². The molecular weight excluding hydrogens is 256 g/mol. The van der Waals surface area contributed by atoms with Crippen LogP contribution in [0.25, 0.3) is 0 Å². The van der Waals surface area contributed by atoms with Gasteiger partial charge in [-0.1, -0.05) is 0 Å². The number of hydrogen-bond acceptors (Lipinski definition) is 3. The highest BCUT2D eigenvalue weighted by molar-refractivity contribution is 5.77. The summed E-state index contributed by atoms with van der Waals surface area (Å²) in [5.74, 6) is -0.147. The molecule has 1 aliphatic heterocycles. The fourth-order valence-electron chi connectivity index (χ4n) is 2.99. The Balaban J connectivity index is 1.92. The fraction of sp³-hybridized carbons (Fsp3) is 0.867. The summed E-state index contributed by atoms with van der Waals surface area (Å²) in [4.78, 5) is 25.5. The maximum absolute atomic E-state index is 12.3. The number of aliphatic carboxylic acids is 1. The van der Waals surface area contributed by atoms with Gasteiger partial charge < -0.3 is 15.7 Å². The van der Waals surface area contributed by atoms with Crippen LogP contribution in [0.4, 0.5) is 0 Å². The van der Waals surface area contributed by atoms with Crippen LogP contribution in [0.3, 0.4) is 0 Å². The molecule has 1 aliphatic carbocycles. The molecule has 2 atom stereocenters. The second-order valence-electron chi connectivity index (χ2n) is 6.91. The summed E-state index contributed by atoms with van der Waals surface area (Å²) in [5, 5.41) is 9.32. The summed E-state index contributed by atoms with van der Waals surface area (Å²) >= 11 is 0. The van der Waals surface area contributed by atoms with Crippen molar-refractivity contribution in [3.8, 4) is 0 Å². The number of carboxylic acids is 1. The van der Waals surface area contributed by atoms with Gasteiger partial charge in [-0.2, -0.15) is 0 Å². The van der Waals surface area contributed by atoms with Gasteiger partial charge in [0.15, 0.2) is 0 Å². The van der Waals surface area contributed by atoms with Gasteiger partial charge in [0, 0.05) is 25.6 Å². The molecular formula is C15H26N2O3. The number of carbonyl (C=O) groups excluding carboxylic acids is 1. The fourth-order valence-corrected chi connectivity index (χ4v) is 2.99. The van der Waals surface area contributed by atoms with Gasteiger partial charge in [-0.15, -0.1) is 0 Å². The van der Waals surface area contributed by atoms with E-state index in [4.69, 9.17) is 5.73 Å². The average Bonchev–Trinajstić information content (AvgIpc) is 3.22. The molecule has 0 radical (unpaired) electrons. The molecule has 0 spiro atoms. The van der Waals surface area contributed by atoms with E-state index in [1.807, 2.05) is 4.90 Å². The molecule has 0 aromatic carbocycles. The molecule has 0 bridgehead atoms. The molecule has 5 nitrogen and oxygen atoms in total. The van der Waals surface area contributed by atoms with Crippen molar-refractivity contribution in [3.63, 3.8) is 0 Å². The number of amides is 1. The minimum absolute atomic E-state index is 0.0182. The number of likely N-dealkylation sites (tertiary alicyclic amines) is 1. The molecule has 114 valence electrons. The first kappa shape index (κ1) is 15.3. The normalized spacial score (nSPS) is 25.4. The molecule has 3 N–H and O–H groups in total. The molecule has 2 rings (SSSR count). The predicted molar refractivity (Wildman–Crippen MR) is 76.0 cm³/mol. The number of hydrogen-bond donors (Lipinski definition) is 2. The minimum Gasteiger partial charge on any atom is -0.481 e. The SMILES string of the molecule is CC(C)(C(=O)O)C1CCCN(C(=O)CC(N)C2CC2)C1. The van der Waals surface area contributed by atoms with Crippen molar-refractivity contribution in [1.29, 1.82) is 0 Å². The largest absolute Gasteiger partial charge is 0.481 e. The Labute approximate surface area is 120 Å². The second-order valence-corrected chi connectivity index (χ2v) is 6.91. The highest BCUT2D eigenvalue weighted by Crippen LogP contribution is 2.35. The van der Waals surface area contributed by atoms with Gasteiger partial charge >= 0.3 is 5.97 Å². The molecule has 1 heterocycles. The lowest BCUT2D eigenvalue weighted by molar-refractivity contribution is -0.153. The molecule has 1 amide bonds. The third kappa shape index (κ3) is 3.32. The summed E-state index contributed by atoms with van der Waals surface area (Å²) < 4.78 is 0. The van der Waals surface area contributed by atoms with E-state index in [9.17, 15) is 14.7 Å². The highest BCUT2D eigenvalue weighted by Gasteiger charge is 2.40. The Morgan fingerprint density at radius 3 is 2.55 bits per heavy atom. The average molecular weight is 282 g/mol. The van der Waals surface area contributed by atoms with E-state index in [2.05, 4.69) is 0 Å². The van der Waals surface area contributed by atoms with Gasteiger partial charge in [0.25, 0.3) is 0 Å². The summed E-state index contributed by atoms with van der Waals surface area (Å²) in [5.41, 5.74) is 5.23. The molecule has 20 heavy (non-hydrogen) atoms. The Hall–Kier alpha value is -1.10. The van der Waals surface area contributed by atoms with Crippen LogP contribution in [0.2, 0.25) is 0 Å². The number of nitrogens with zero attached hydrogens (tertiary/aromatic N) is 1. The van der Waals surface area contributed by atoms with Crippen LogP contribution in [0, 0.1) is 17.3 Å². The first-order chi connectivity index (χ1) is 9.32. The van der Waals surface area contributed by atoms with E-state index in [1.54, 1.807) is 13.8 Å². The predicted octanol–water partition coefficient (Wildman–Crippen LogP) is 1.46. The molecule has 0 aromatic heterocycles. The number of piperidine rings is 1. The minimum atomic E-state index is -0.786. The van der Waals surface area contributed by atoms with Crippen LogP contribution in [0.5, 0.6) is 0 Å². The third-order valence-corrected chi connectivity index (χ3v) is 4.98. The van der Waals surface area contributed by atoms with Crippen molar-refractivity contribution in [3.05, 3.63) is 0 Å². The topological polar surface area (TPSA) is 83.6 Å². The van der Waals surface area contributed by atoms with E-state index in [-0.39, 0.29) is 17.9 Å². The van der Waals surface area contributed by atoms with E-state index in [0.29, 0.717) is 18.9 Å². The van der Waals surface area contributed by atoms with E-state index in [1.165, 1.54) is 0 Å². The Bertz CT molecular complexity index is 391. The Morgan fingerprint density at radius 2 is 2.00 bits per heavy atom. The molecule has 5 heteroatoms. The summed E-state index contributed by atoms with van der Waals surface area (Å²) in [6.45, 7) is 4.80. The lowest BCUT2D eigenvalue weighted by atomic mass is 9.74. The molecule has 1 saturated carbocycles. The van der Waals surface area contributed by atoms with Crippen LogP contribution in [0.1, 0.15) is 46.0 Å². The summed E-state index contributed by atoms with van der Waals surface area (Å²) in [7, 11) is 0. The number of carboxylic acid groups (broad SMARTS) is 1. The van der Waals surface area contributed by atoms with Gasteiger partial charge in [-0.3, -0.25) is 9.59 Å². The van der Waals surface area contributed by atoms with Crippen LogP contribution in [-0.2, 0) is 9.59 Å². The van der Waals surface area contributed by atoms with Gasteiger partial charge in [-0.05, 0) is 51.4 Å². The smallest absolute Gasteiger partial charge is 0.309 e. The summed E-state index contributed by atoms with van der Waals surface area (Å²) in [6, 6.07) is -0.0182. The van der Waals surface area contributed by atoms with Crippen molar-refractivity contribution in [1.82, 2.24) is 4.90 Å². The highest BCUT2D eigenvalue weighted by atomic mass is 16.4. The van der Waals surface area contributed by atoms with Crippen LogP contribution in [0.15, 0.2) is 0 Å². The molecule has 1 saturated heterocycles. The number of nitrogens with two attached hydrogens (primary N) is 1. The van der Waals surface area contributed by atoms with E-state index in [0.717, 1.165) is 32.2 Å². The Kier molecular flexibility index (Phi) is 4.37. The lowest BCUT2D eigenvalue weighted by Crippen LogP contribution is -2.48. The number of rotatable bonds is 5. The van der Waals surface area contributed by atoms with Gasteiger partial charge in [-0.25, -0.2) is 0 Å². The standard InChI is InChI=1S/C15H26N2O3/c1-15(2,14(19)20)11-4-3-7-17(9-11)13(18)8-12(16)10-5-6-10/h10-12H,3-9,16H2,1-2H3,(H,19,20). The van der Waals surface area contributed by atoms with Gasteiger partial charge in [0.1, 0.15) is 0 Å². The third-order valence-electron chi connectivity index (χ3n) is 4.98. The van der Waals surface area contributed by atoms with Crippen molar-refractivity contribution >= 4 is 11.9 Å². The van der Waals surface area contributed by atoms with Crippen LogP contribution >= 0.6 is 0 Å². The molecule has 2 fully saturated rings. The maximum atomic E-state index is 12.3. The quantitative estimate of drug-likeness (QED) is 0.799. The second kappa shape index (κ2) is 5.72. The van der Waals surface area contributed by atoms with Gasteiger partial charge in [0.05, 0.1) is 5.41 Å². The van der Waals surface area contributed by atoms with Crippen molar-refractivity contribution in [2.24, 2.45) is 23.0 Å². The zero-order valence-electron chi connectivity index (χ0n) is 12.5. The first-order valence-corrected chi connectivity index (χ1v) is 7.59. The molecule has 2 aliphatic rings. The molecule has 0 aromatic rings. The Morgan fingerprint density at radius 1 is 1.35 bits per heavy atom.